The zero-order chi connectivity index (χ0) is 18.8. The lowest BCUT2D eigenvalue weighted by molar-refractivity contribution is 0.0427. The van der Waals surface area contributed by atoms with E-state index in [-0.39, 0.29) is 0 Å². The molecule has 0 radical (unpaired) electrons. The smallest absolute Gasteiger partial charge is 0.116 e. The number of fused-ring (bicyclic) bond motifs is 1. The summed E-state index contributed by atoms with van der Waals surface area (Å²) in [6.45, 7) is 5.88. The molecule has 0 bridgehead atoms. The maximum atomic E-state index is 9.97. The number of hydrogen-bond acceptors (Lipinski definition) is 3. The number of rotatable bonds is 7. The molecule has 0 aromatic heterocycles. The van der Waals surface area contributed by atoms with Crippen molar-refractivity contribution in [2.75, 3.05) is 0 Å². The highest BCUT2D eigenvalue weighted by Gasteiger charge is 2.47. The van der Waals surface area contributed by atoms with E-state index >= 15 is 0 Å². The van der Waals surface area contributed by atoms with Gasteiger partial charge in [-0.1, -0.05) is 50.2 Å². The fraction of sp³-hybridized carbons (Fsp3) is 0.500. The molecule has 2 aliphatic rings. The largest absolute Gasteiger partial charge is 0.508 e. The molecule has 0 amide bonds. The number of aromatic hydroxyl groups is 1. The Labute approximate surface area is 162 Å². The SMILES string of the molecule is CC(C)c1cc(O)cc(CNC2C[C@@H]3CC(OCc4ccccc4)C[C@H]23)c1. The van der Waals surface area contributed by atoms with Crippen molar-refractivity contribution in [1.82, 2.24) is 5.32 Å². The molecule has 27 heavy (non-hydrogen) atoms. The number of phenols is 1. The number of ether oxygens (including phenoxy) is 1. The van der Waals surface area contributed by atoms with E-state index in [4.69, 9.17) is 4.74 Å². The predicted octanol–water partition coefficient (Wildman–Crippen LogP) is 4.99. The topological polar surface area (TPSA) is 41.5 Å². The van der Waals surface area contributed by atoms with Gasteiger partial charge in [0.15, 0.2) is 0 Å². The summed E-state index contributed by atoms with van der Waals surface area (Å²) in [4.78, 5) is 0. The summed E-state index contributed by atoms with van der Waals surface area (Å²) in [6.07, 6.45) is 4.04. The Morgan fingerprint density at radius 1 is 1.04 bits per heavy atom. The van der Waals surface area contributed by atoms with Gasteiger partial charge in [0, 0.05) is 12.6 Å². The normalized spacial score (nSPS) is 26.8. The molecule has 2 fully saturated rings. The first-order chi connectivity index (χ1) is 13.1. The second-order valence-corrected chi connectivity index (χ2v) is 8.62. The van der Waals surface area contributed by atoms with Crippen molar-refractivity contribution >= 4 is 0 Å². The molecule has 0 heterocycles. The Hall–Kier alpha value is -1.84. The molecule has 3 nitrogen and oxygen atoms in total. The monoisotopic (exact) mass is 365 g/mol. The number of nitrogens with one attached hydrogen (secondary N) is 1. The summed E-state index contributed by atoms with van der Waals surface area (Å²) in [5, 5.41) is 13.7. The van der Waals surface area contributed by atoms with Crippen LogP contribution in [0.15, 0.2) is 48.5 Å². The van der Waals surface area contributed by atoms with Gasteiger partial charge in [0.1, 0.15) is 5.75 Å². The fourth-order valence-electron chi connectivity index (χ4n) is 4.72. The Kier molecular flexibility index (Phi) is 5.51. The summed E-state index contributed by atoms with van der Waals surface area (Å²) >= 11 is 0. The first-order valence-electron chi connectivity index (χ1n) is 10.3. The van der Waals surface area contributed by atoms with Gasteiger partial charge < -0.3 is 15.2 Å². The molecule has 2 unspecified atom stereocenters. The van der Waals surface area contributed by atoms with E-state index in [2.05, 4.69) is 49.5 Å². The van der Waals surface area contributed by atoms with Crippen LogP contribution < -0.4 is 5.32 Å². The molecular weight excluding hydrogens is 334 g/mol. The van der Waals surface area contributed by atoms with Crippen LogP contribution in [0.5, 0.6) is 5.75 Å². The molecule has 0 aliphatic heterocycles. The Morgan fingerprint density at radius 3 is 2.63 bits per heavy atom. The number of phenolic OH excluding ortho intramolecular Hbond substituents is 1. The minimum Gasteiger partial charge on any atom is -0.508 e. The van der Waals surface area contributed by atoms with E-state index in [0.717, 1.165) is 25.0 Å². The Balaban J connectivity index is 1.26. The third-order valence-electron chi connectivity index (χ3n) is 6.34. The van der Waals surface area contributed by atoms with E-state index in [9.17, 15) is 5.11 Å². The van der Waals surface area contributed by atoms with Crippen LogP contribution in [-0.2, 0) is 17.9 Å². The van der Waals surface area contributed by atoms with Crippen molar-refractivity contribution in [3.05, 3.63) is 65.2 Å². The van der Waals surface area contributed by atoms with Gasteiger partial charge >= 0.3 is 0 Å². The van der Waals surface area contributed by atoms with Gasteiger partial charge in [0.25, 0.3) is 0 Å². The highest BCUT2D eigenvalue weighted by molar-refractivity contribution is 5.35. The molecule has 2 aliphatic carbocycles. The molecule has 144 valence electrons. The minimum atomic E-state index is 0.375. The van der Waals surface area contributed by atoms with E-state index in [1.54, 1.807) is 0 Å². The molecule has 4 rings (SSSR count). The highest BCUT2D eigenvalue weighted by Crippen LogP contribution is 2.48. The van der Waals surface area contributed by atoms with Crippen LogP contribution in [0.1, 0.15) is 55.7 Å². The van der Waals surface area contributed by atoms with Gasteiger partial charge in [-0.3, -0.25) is 0 Å². The average molecular weight is 366 g/mol. The van der Waals surface area contributed by atoms with Gasteiger partial charge in [-0.15, -0.1) is 0 Å². The van der Waals surface area contributed by atoms with E-state index in [1.807, 2.05) is 18.2 Å². The summed E-state index contributed by atoms with van der Waals surface area (Å²) in [7, 11) is 0. The molecule has 2 aromatic rings. The number of benzene rings is 2. The fourth-order valence-corrected chi connectivity index (χ4v) is 4.72. The van der Waals surface area contributed by atoms with E-state index in [1.165, 1.54) is 36.0 Å². The molecule has 2 N–H and O–H groups in total. The van der Waals surface area contributed by atoms with Crippen LogP contribution in [0.3, 0.4) is 0 Å². The zero-order valence-corrected chi connectivity index (χ0v) is 16.4. The first-order valence-corrected chi connectivity index (χ1v) is 10.3. The molecule has 2 aromatic carbocycles. The van der Waals surface area contributed by atoms with Crippen LogP contribution in [0.25, 0.3) is 0 Å². The quantitative estimate of drug-likeness (QED) is 0.726. The Morgan fingerprint density at radius 2 is 1.85 bits per heavy atom. The number of hydrogen-bond donors (Lipinski definition) is 2. The second-order valence-electron chi connectivity index (χ2n) is 8.62. The standard InChI is InChI=1S/C24H31NO2/c1-16(2)19-8-18(9-21(26)10-19)14-25-24-12-20-11-22(13-23(20)24)27-15-17-6-4-3-5-7-17/h3-10,16,20,22-26H,11-15H2,1-2H3/t20-,22?,23-,24?/m0/s1. The summed E-state index contributed by atoms with van der Waals surface area (Å²) < 4.78 is 6.18. The molecule has 0 spiro atoms. The van der Waals surface area contributed by atoms with Crippen molar-refractivity contribution in [3.63, 3.8) is 0 Å². The van der Waals surface area contributed by atoms with Crippen molar-refractivity contribution in [1.29, 1.82) is 0 Å². The van der Waals surface area contributed by atoms with Crippen LogP contribution in [-0.4, -0.2) is 17.3 Å². The Bertz CT molecular complexity index is 758. The third-order valence-corrected chi connectivity index (χ3v) is 6.34. The van der Waals surface area contributed by atoms with Crippen molar-refractivity contribution in [3.8, 4) is 5.75 Å². The molecule has 3 heteroatoms. The van der Waals surface area contributed by atoms with Gasteiger partial charge in [-0.05, 0) is 65.8 Å². The third kappa shape index (κ3) is 4.36. The lowest BCUT2D eigenvalue weighted by Crippen LogP contribution is -2.47. The minimum absolute atomic E-state index is 0.375. The maximum Gasteiger partial charge on any atom is 0.116 e. The first kappa shape index (κ1) is 18.5. The van der Waals surface area contributed by atoms with Crippen LogP contribution >= 0.6 is 0 Å². The summed E-state index contributed by atoms with van der Waals surface area (Å²) in [5.41, 5.74) is 3.64. The zero-order valence-electron chi connectivity index (χ0n) is 16.4. The van der Waals surface area contributed by atoms with E-state index < -0.39 is 0 Å². The predicted molar refractivity (Wildman–Crippen MR) is 109 cm³/mol. The average Bonchev–Trinajstić information content (AvgIpc) is 2.97. The lowest BCUT2D eigenvalue weighted by atomic mass is 9.71. The van der Waals surface area contributed by atoms with Crippen LogP contribution in [0.2, 0.25) is 0 Å². The lowest BCUT2D eigenvalue weighted by Gasteiger charge is -2.41. The van der Waals surface area contributed by atoms with Crippen LogP contribution in [0.4, 0.5) is 0 Å². The maximum absolute atomic E-state index is 9.97. The van der Waals surface area contributed by atoms with Crippen molar-refractivity contribution in [2.45, 2.75) is 64.3 Å². The molecular formula is C24H31NO2. The van der Waals surface area contributed by atoms with Crippen LogP contribution in [0, 0.1) is 11.8 Å². The summed E-state index contributed by atoms with van der Waals surface area (Å²) in [5.74, 6) is 2.37. The highest BCUT2D eigenvalue weighted by atomic mass is 16.5. The van der Waals surface area contributed by atoms with E-state index in [0.29, 0.717) is 23.8 Å². The summed E-state index contributed by atoms with van der Waals surface area (Å²) in [6, 6.07) is 17.0. The molecule has 2 saturated carbocycles. The molecule has 0 saturated heterocycles. The van der Waals surface area contributed by atoms with Gasteiger partial charge in [0.05, 0.1) is 12.7 Å². The van der Waals surface area contributed by atoms with Gasteiger partial charge in [-0.2, -0.15) is 0 Å². The van der Waals surface area contributed by atoms with Gasteiger partial charge in [0.2, 0.25) is 0 Å². The van der Waals surface area contributed by atoms with Gasteiger partial charge in [-0.25, -0.2) is 0 Å². The molecule has 4 atom stereocenters. The van der Waals surface area contributed by atoms with Crippen molar-refractivity contribution < 1.29 is 9.84 Å². The second kappa shape index (κ2) is 8.04. The van der Waals surface area contributed by atoms with Crippen molar-refractivity contribution in [2.24, 2.45) is 11.8 Å².